The zero-order valence-corrected chi connectivity index (χ0v) is 15.8. The Labute approximate surface area is 172 Å². The van der Waals surface area contributed by atoms with Crippen molar-refractivity contribution in [3.8, 4) is 11.5 Å². The van der Waals surface area contributed by atoms with Gasteiger partial charge in [-0.05, 0) is 42.0 Å². The van der Waals surface area contributed by atoms with E-state index in [1.54, 1.807) is 0 Å². The number of hydrogen-bond acceptors (Lipinski definition) is 4. The van der Waals surface area contributed by atoms with Gasteiger partial charge in [0, 0.05) is 6.07 Å². The van der Waals surface area contributed by atoms with Crippen molar-refractivity contribution in [2.45, 2.75) is 12.4 Å². The zero-order valence-electron chi connectivity index (χ0n) is 15.8. The summed E-state index contributed by atoms with van der Waals surface area (Å²) in [7, 11) is 1.23. The number of allylic oxidation sites excluding steroid dienone is 1. The van der Waals surface area contributed by atoms with Crippen LogP contribution in [0.15, 0.2) is 42.5 Å². The van der Waals surface area contributed by atoms with Crippen molar-refractivity contribution in [1.29, 1.82) is 0 Å². The van der Waals surface area contributed by atoms with Crippen LogP contribution in [0.3, 0.4) is 0 Å². The molecule has 0 radical (unpaired) electrons. The van der Waals surface area contributed by atoms with E-state index in [9.17, 15) is 35.9 Å². The summed E-state index contributed by atoms with van der Waals surface area (Å²) >= 11 is 0. The van der Waals surface area contributed by atoms with Gasteiger partial charge in [-0.3, -0.25) is 9.59 Å². The minimum Gasteiger partial charge on any atom is -0.496 e. The Morgan fingerprint density at radius 1 is 0.968 bits per heavy atom. The van der Waals surface area contributed by atoms with Crippen LogP contribution in [0, 0.1) is 0 Å². The third kappa shape index (κ3) is 6.49. The Morgan fingerprint density at radius 2 is 1.55 bits per heavy atom. The number of primary amides is 1. The maximum Gasteiger partial charge on any atom is 0.416 e. The first-order valence-electron chi connectivity index (χ1n) is 8.42. The topological polar surface area (TPSA) is 78.6 Å². The summed E-state index contributed by atoms with van der Waals surface area (Å²) in [5.74, 6) is -1.31. The van der Waals surface area contributed by atoms with Gasteiger partial charge < -0.3 is 15.2 Å². The largest absolute Gasteiger partial charge is 0.496 e. The maximum absolute atomic E-state index is 12.9. The highest BCUT2D eigenvalue weighted by molar-refractivity contribution is 6.08. The van der Waals surface area contributed by atoms with Gasteiger partial charge in [0.1, 0.15) is 11.5 Å². The Kier molecular flexibility index (Phi) is 6.98. The van der Waals surface area contributed by atoms with Gasteiger partial charge in [-0.1, -0.05) is 6.08 Å². The quantitative estimate of drug-likeness (QED) is 0.385. The van der Waals surface area contributed by atoms with Crippen LogP contribution >= 0.6 is 0 Å². The number of amides is 1. The summed E-state index contributed by atoms with van der Waals surface area (Å²) in [4.78, 5) is 23.2. The smallest absolute Gasteiger partial charge is 0.416 e. The van der Waals surface area contributed by atoms with Crippen molar-refractivity contribution in [1.82, 2.24) is 0 Å². The van der Waals surface area contributed by atoms with Gasteiger partial charge in [-0.25, -0.2) is 0 Å². The Hall–Kier alpha value is -3.50. The lowest BCUT2D eigenvalue weighted by Crippen LogP contribution is -2.20. The number of alkyl halides is 6. The van der Waals surface area contributed by atoms with Crippen molar-refractivity contribution in [2.24, 2.45) is 5.73 Å². The molecule has 2 aromatic rings. The number of nitrogens with two attached hydrogens (primary N) is 1. The lowest BCUT2D eigenvalue weighted by molar-refractivity contribution is -0.143. The molecule has 2 aromatic carbocycles. The molecule has 0 fully saturated rings. The first-order chi connectivity index (χ1) is 14.3. The number of ether oxygens (including phenoxy) is 2. The fourth-order valence-corrected chi connectivity index (χ4v) is 2.46. The molecule has 31 heavy (non-hydrogen) atoms. The van der Waals surface area contributed by atoms with Crippen LogP contribution in [0.4, 0.5) is 26.3 Å². The Bertz CT molecular complexity index is 979. The van der Waals surface area contributed by atoms with Crippen LogP contribution in [0.2, 0.25) is 0 Å². The monoisotopic (exact) mass is 447 g/mol. The summed E-state index contributed by atoms with van der Waals surface area (Å²) in [5, 5.41) is 0. The number of methoxy groups -OCH3 is 1. The zero-order chi connectivity index (χ0) is 23.4. The van der Waals surface area contributed by atoms with E-state index in [2.05, 4.69) is 0 Å². The molecule has 0 spiro atoms. The molecule has 0 saturated carbocycles. The Morgan fingerprint density at radius 3 is 2.03 bits per heavy atom. The fraction of sp³-hybridized carbons (Fsp3) is 0.200. The fourth-order valence-electron chi connectivity index (χ4n) is 2.46. The minimum atomic E-state index is -5.00. The molecular weight excluding hydrogens is 432 g/mol. The molecule has 11 heteroatoms. The van der Waals surface area contributed by atoms with Crippen LogP contribution in [0.25, 0.3) is 6.08 Å². The molecule has 2 rings (SSSR count). The molecule has 1 amide bonds. The molecule has 2 N–H and O–H groups in total. The van der Waals surface area contributed by atoms with Gasteiger partial charge in [0.15, 0.2) is 12.4 Å². The van der Waals surface area contributed by atoms with Crippen molar-refractivity contribution < 1.29 is 45.4 Å². The highest BCUT2D eigenvalue weighted by Crippen LogP contribution is 2.36. The van der Waals surface area contributed by atoms with Gasteiger partial charge >= 0.3 is 12.4 Å². The average molecular weight is 447 g/mol. The van der Waals surface area contributed by atoms with Gasteiger partial charge in [-0.15, -0.1) is 0 Å². The van der Waals surface area contributed by atoms with E-state index in [0.29, 0.717) is 12.1 Å². The second kappa shape index (κ2) is 9.11. The molecule has 0 aliphatic rings. The second-order valence-electron chi connectivity index (χ2n) is 6.15. The molecule has 0 aliphatic heterocycles. The third-order valence-corrected chi connectivity index (χ3v) is 3.86. The summed E-state index contributed by atoms with van der Waals surface area (Å²) in [6.45, 7) is -0.423. The normalized spacial score (nSPS) is 12.1. The molecule has 0 aromatic heterocycles. The number of carbonyl (C=O) groups excluding carboxylic acids is 2. The highest BCUT2D eigenvalue weighted by Gasteiger charge is 2.36. The lowest BCUT2D eigenvalue weighted by Gasteiger charge is -2.13. The summed E-state index contributed by atoms with van der Waals surface area (Å²) in [6.07, 6.45) is -8.35. The van der Waals surface area contributed by atoms with Crippen LogP contribution < -0.4 is 15.2 Å². The van der Waals surface area contributed by atoms with E-state index in [0.717, 1.165) is 12.2 Å². The molecule has 0 bridgehead atoms. The molecule has 0 saturated heterocycles. The van der Waals surface area contributed by atoms with Crippen molar-refractivity contribution in [3.63, 3.8) is 0 Å². The lowest BCUT2D eigenvalue weighted by atomic mass is 10.0. The first kappa shape index (κ1) is 23.8. The van der Waals surface area contributed by atoms with Gasteiger partial charge in [-0.2, -0.15) is 26.3 Å². The predicted octanol–water partition coefficient (Wildman–Crippen LogP) is 4.49. The van der Waals surface area contributed by atoms with Gasteiger partial charge in [0.2, 0.25) is 0 Å². The number of rotatable bonds is 7. The highest BCUT2D eigenvalue weighted by atomic mass is 19.4. The summed E-state index contributed by atoms with van der Waals surface area (Å²) in [5.41, 5.74) is 1.47. The van der Waals surface area contributed by atoms with Crippen LogP contribution in [0.5, 0.6) is 11.5 Å². The molecular formula is C20H15F6NO4. The van der Waals surface area contributed by atoms with Crippen LogP contribution in [-0.2, 0) is 17.1 Å². The molecule has 5 nitrogen and oxygen atoms in total. The van der Waals surface area contributed by atoms with E-state index < -0.39 is 47.3 Å². The van der Waals surface area contributed by atoms with E-state index in [1.165, 1.54) is 25.3 Å². The van der Waals surface area contributed by atoms with E-state index in [1.807, 2.05) is 0 Å². The number of hydrogen-bond donors (Lipinski definition) is 1. The van der Waals surface area contributed by atoms with Crippen LogP contribution in [0.1, 0.15) is 27.0 Å². The van der Waals surface area contributed by atoms with E-state index in [4.69, 9.17) is 15.2 Å². The molecule has 0 unspecified atom stereocenters. The second-order valence-corrected chi connectivity index (χ2v) is 6.15. The molecule has 166 valence electrons. The number of ketones is 1. The first-order valence-corrected chi connectivity index (χ1v) is 8.42. The van der Waals surface area contributed by atoms with Gasteiger partial charge in [0.05, 0.1) is 23.8 Å². The van der Waals surface area contributed by atoms with E-state index in [-0.39, 0.29) is 23.1 Å². The number of halogens is 6. The minimum absolute atomic E-state index is 0.00695. The van der Waals surface area contributed by atoms with Crippen molar-refractivity contribution >= 4 is 17.8 Å². The average Bonchev–Trinajstić information content (AvgIpc) is 2.68. The maximum atomic E-state index is 12.9. The predicted molar refractivity (Wildman–Crippen MR) is 97.5 cm³/mol. The molecule has 0 heterocycles. The molecule has 0 aliphatic carbocycles. The standard InChI is InChI=1S/C20H15F6NO4/c1-30-17-9-14(31-10-18(27)29)3-4-15(17)16(28)5-2-11-6-12(19(21,22)23)8-13(7-11)20(24,25)26/h2-9H,10H2,1H3,(H2,27,29)/b5-2+. The van der Waals surface area contributed by atoms with Crippen molar-refractivity contribution in [2.75, 3.05) is 13.7 Å². The van der Waals surface area contributed by atoms with E-state index >= 15 is 0 Å². The number of carbonyl (C=O) groups is 2. The Balaban J connectivity index is 2.35. The van der Waals surface area contributed by atoms with Gasteiger partial charge in [0.25, 0.3) is 5.91 Å². The third-order valence-electron chi connectivity index (χ3n) is 3.86. The van der Waals surface area contributed by atoms with Crippen LogP contribution in [-0.4, -0.2) is 25.4 Å². The van der Waals surface area contributed by atoms with Crippen molar-refractivity contribution in [3.05, 3.63) is 64.7 Å². The summed E-state index contributed by atoms with van der Waals surface area (Å²) in [6, 6.07) is 4.84. The SMILES string of the molecule is COc1cc(OCC(N)=O)ccc1C(=O)/C=C/c1cc(C(F)(F)F)cc(C(F)(F)F)c1. The molecule has 0 atom stereocenters. The summed E-state index contributed by atoms with van der Waals surface area (Å²) < 4.78 is 87.7. The number of benzene rings is 2.